The summed E-state index contributed by atoms with van der Waals surface area (Å²) < 4.78 is 5.95. The molecule has 2 amide bonds. The van der Waals surface area contributed by atoms with E-state index in [0.717, 1.165) is 88.7 Å². The van der Waals surface area contributed by atoms with Crippen molar-refractivity contribution in [3.63, 3.8) is 0 Å². The summed E-state index contributed by atoms with van der Waals surface area (Å²) in [6.07, 6.45) is 14.7. The number of carbonyl (C=O) groups is 1. The largest absolute Gasteiger partial charge is 0.493 e. The van der Waals surface area contributed by atoms with Gasteiger partial charge in [-0.05, 0) is 38.7 Å². The molecule has 1 aliphatic rings. The lowest BCUT2D eigenvalue weighted by Gasteiger charge is -2.23. The second-order valence-corrected chi connectivity index (χ2v) is 9.33. The second kappa shape index (κ2) is 19.0. The Morgan fingerprint density at radius 3 is 2.73 bits per heavy atom. The Bertz CT molecular complexity index is 870. The van der Waals surface area contributed by atoms with E-state index in [1.807, 2.05) is 48.2 Å². The highest BCUT2D eigenvalue weighted by Gasteiger charge is 2.14. The van der Waals surface area contributed by atoms with Crippen LogP contribution in [0.2, 0.25) is 0 Å². The maximum absolute atomic E-state index is 12.9. The van der Waals surface area contributed by atoms with Gasteiger partial charge in [0, 0.05) is 25.2 Å². The summed E-state index contributed by atoms with van der Waals surface area (Å²) in [5, 5.41) is 5.93. The van der Waals surface area contributed by atoms with Crippen molar-refractivity contribution in [2.75, 3.05) is 32.8 Å². The third kappa shape index (κ3) is 13.6. The Morgan fingerprint density at radius 2 is 1.89 bits per heavy atom. The Hall–Kier alpha value is -3.23. The number of amides is 2. The van der Waals surface area contributed by atoms with Crippen LogP contribution in [0.25, 0.3) is 0 Å². The highest BCUT2D eigenvalue weighted by Crippen LogP contribution is 2.19. The van der Waals surface area contributed by atoms with Crippen molar-refractivity contribution in [2.45, 2.75) is 77.7 Å². The number of benzene rings is 1. The number of allylic oxidation sites excluding steroid dienone is 1. The molecule has 1 heterocycles. The Balaban J connectivity index is 1.71. The standard InChI is InChI=1S/C28H47N7O2/c1-2-3-18-31-26(29)32-19-12-6-4-5-7-13-20-35-21-14-8-9-15-22-37-25-17-11-10-16-24(25)23-33-27(30)34-28(35)36/h2-3,10-11,16-17H,4-9,12-15,18-23H2,1H3,(H3,29,31,32)(H3,30,33,34,36)/b3-2+. The average Bonchev–Trinajstić information content (AvgIpc) is 2.89. The van der Waals surface area contributed by atoms with Crippen LogP contribution in [-0.4, -0.2) is 55.6 Å². The number of nitrogens with two attached hydrogens (primary N) is 2. The van der Waals surface area contributed by atoms with E-state index in [9.17, 15) is 4.79 Å². The number of ether oxygens (including phenoxy) is 1. The molecule has 0 radical (unpaired) electrons. The van der Waals surface area contributed by atoms with Crippen LogP contribution in [0.4, 0.5) is 4.79 Å². The van der Waals surface area contributed by atoms with Gasteiger partial charge in [-0.15, -0.1) is 0 Å². The lowest BCUT2D eigenvalue weighted by atomic mass is 10.1. The van der Waals surface area contributed by atoms with Crippen molar-refractivity contribution in [3.8, 4) is 5.75 Å². The number of guanidine groups is 2. The third-order valence-corrected chi connectivity index (χ3v) is 6.26. The number of hydrogen-bond donors (Lipinski definition) is 4. The van der Waals surface area contributed by atoms with Gasteiger partial charge in [-0.3, -0.25) is 5.32 Å². The smallest absolute Gasteiger partial charge is 0.324 e. The van der Waals surface area contributed by atoms with Gasteiger partial charge in [0.2, 0.25) is 0 Å². The Morgan fingerprint density at radius 1 is 1.14 bits per heavy atom. The number of rotatable bonds is 11. The quantitative estimate of drug-likeness (QED) is 0.152. The Kier molecular flexibility index (Phi) is 15.4. The third-order valence-electron chi connectivity index (χ3n) is 6.26. The molecule has 9 heteroatoms. The van der Waals surface area contributed by atoms with Crippen LogP contribution in [-0.2, 0) is 6.54 Å². The first-order valence-electron chi connectivity index (χ1n) is 13.8. The van der Waals surface area contributed by atoms with Gasteiger partial charge >= 0.3 is 6.03 Å². The molecule has 0 aliphatic carbocycles. The minimum absolute atomic E-state index is 0.140. The monoisotopic (exact) mass is 513 g/mol. The molecule has 206 valence electrons. The number of para-hydroxylation sites is 1. The van der Waals surface area contributed by atoms with Crippen LogP contribution in [0.5, 0.6) is 5.75 Å². The number of aliphatic imine (C=N–C) groups is 2. The molecule has 6 N–H and O–H groups in total. The van der Waals surface area contributed by atoms with E-state index in [1.165, 1.54) is 6.42 Å². The number of hydrogen-bond acceptors (Lipinski definition) is 5. The fourth-order valence-electron chi connectivity index (χ4n) is 4.09. The molecule has 1 aromatic carbocycles. The summed E-state index contributed by atoms with van der Waals surface area (Å²) in [7, 11) is 0. The summed E-state index contributed by atoms with van der Waals surface area (Å²) in [6.45, 7) is 5.94. The SMILES string of the molecule is C/C=C/CN=C(N)NCCCCCCCCN1CCCCCCOc2ccccc2CN=C(N)NC1=O. The molecule has 0 saturated heterocycles. The summed E-state index contributed by atoms with van der Waals surface area (Å²) >= 11 is 0. The van der Waals surface area contributed by atoms with E-state index < -0.39 is 0 Å². The van der Waals surface area contributed by atoms with Crippen molar-refractivity contribution in [1.82, 2.24) is 15.5 Å². The van der Waals surface area contributed by atoms with E-state index in [-0.39, 0.29) is 12.0 Å². The maximum Gasteiger partial charge on any atom is 0.324 e. The fourth-order valence-corrected chi connectivity index (χ4v) is 4.09. The first kappa shape index (κ1) is 30.0. The van der Waals surface area contributed by atoms with Gasteiger partial charge < -0.3 is 26.4 Å². The van der Waals surface area contributed by atoms with Gasteiger partial charge in [-0.25, -0.2) is 14.8 Å². The van der Waals surface area contributed by atoms with Crippen molar-refractivity contribution >= 4 is 18.0 Å². The zero-order chi connectivity index (χ0) is 26.6. The molecule has 9 nitrogen and oxygen atoms in total. The number of carbonyl (C=O) groups excluding carboxylic acids is 1. The summed E-state index contributed by atoms with van der Waals surface area (Å²) in [5.41, 5.74) is 12.8. The fraction of sp³-hybridized carbons (Fsp3) is 0.607. The maximum atomic E-state index is 12.9. The van der Waals surface area contributed by atoms with Crippen molar-refractivity contribution in [2.24, 2.45) is 21.5 Å². The van der Waals surface area contributed by atoms with Crippen LogP contribution in [0.15, 0.2) is 46.4 Å². The van der Waals surface area contributed by atoms with E-state index in [0.29, 0.717) is 25.7 Å². The van der Waals surface area contributed by atoms with Gasteiger partial charge in [-0.2, -0.15) is 0 Å². The molecular formula is C28H47N7O2. The van der Waals surface area contributed by atoms with Gasteiger partial charge in [-0.1, -0.05) is 68.9 Å². The van der Waals surface area contributed by atoms with Gasteiger partial charge in [0.25, 0.3) is 0 Å². The number of urea groups is 1. The highest BCUT2D eigenvalue weighted by molar-refractivity contribution is 5.95. The van der Waals surface area contributed by atoms with Crippen LogP contribution in [0.3, 0.4) is 0 Å². The van der Waals surface area contributed by atoms with Crippen LogP contribution < -0.4 is 26.8 Å². The van der Waals surface area contributed by atoms with Crippen LogP contribution >= 0.6 is 0 Å². The molecule has 0 bridgehead atoms. The van der Waals surface area contributed by atoms with Crippen LogP contribution in [0.1, 0.15) is 76.7 Å². The molecule has 0 atom stereocenters. The molecule has 2 rings (SSSR count). The highest BCUT2D eigenvalue weighted by atomic mass is 16.5. The lowest BCUT2D eigenvalue weighted by Crippen LogP contribution is -2.46. The predicted octanol–water partition coefficient (Wildman–Crippen LogP) is 4.29. The topological polar surface area (TPSA) is 130 Å². The minimum atomic E-state index is -0.166. The first-order chi connectivity index (χ1) is 18.1. The number of unbranched alkanes of at least 4 members (excludes halogenated alkanes) is 5. The molecule has 1 aliphatic heterocycles. The zero-order valence-electron chi connectivity index (χ0n) is 22.6. The predicted molar refractivity (Wildman–Crippen MR) is 153 cm³/mol. The number of nitrogens with zero attached hydrogens (tertiary/aromatic N) is 3. The molecule has 37 heavy (non-hydrogen) atoms. The summed E-state index contributed by atoms with van der Waals surface area (Å²) in [6, 6.07) is 7.68. The first-order valence-corrected chi connectivity index (χ1v) is 13.8. The van der Waals surface area contributed by atoms with Crippen molar-refractivity contribution in [1.29, 1.82) is 0 Å². The van der Waals surface area contributed by atoms with Crippen LogP contribution in [0, 0.1) is 0 Å². The van der Waals surface area contributed by atoms with E-state index >= 15 is 0 Å². The summed E-state index contributed by atoms with van der Waals surface area (Å²) in [5.74, 6) is 1.48. The average molecular weight is 514 g/mol. The minimum Gasteiger partial charge on any atom is -0.493 e. The van der Waals surface area contributed by atoms with E-state index in [4.69, 9.17) is 16.2 Å². The molecule has 0 spiro atoms. The van der Waals surface area contributed by atoms with Gasteiger partial charge in [0.1, 0.15) is 5.75 Å². The Labute approximate surface area is 222 Å². The lowest BCUT2D eigenvalue weighted by molar-refractivity contribution is 0.200. The van der Waals surface area contributed by atoms with E-state index in [1.54, 1.807) is 0 Å². The van der Waals surface area contributed by atoms with Gasteiger partial charge in [0.15, 0.2) is 11.9 Å². The van der Waals surface area contributed by atoms with Gasteiger partial charge in [0.05, 0.1) is 19.7 Å². The summed E-state index contributed by atoms with van der Waals surface area (Å²) in [4.78, 5) is 23.4. The van der Waals surface area contributed by atoms with Crippen molar-refractivity contribution < 1.29 is 9.53 Å². The molecule has 0 unspecified atom stereocenters. The zero-order valence-corrected chi connectivity index (χ0v) is 22.6. The molecule has 0 aromatic heterocycles. The number of fused-ring (bicyclic) bond motifs is 1. The molecule has 0 fully saturated rings. The second-order valence-electron chi connectivity index (χ2n) is 9.33. The number of nitrogens with one attached hydrogen (secondary N) is 2. The normalized spacial score (nSPS) is 16.2. The van der Waals surface area contributed by atoms with E-state index in [2.05, 4.69) is 20.6 Å². The molecule has 1 aromatic rings. The molecule has 0 saturated carbocycles. The molecular weight excluding hydrogens is 466 g/mol. The van der Waals surface area contributed by atoms with Crippen molar-refractivity contribution in [3.05, 3.63) is 42.0 Å².